The number of fused-ring (bicyclic) bond motifs is 1. The van der Waals surface area contributed by atoms with Crippen LogP contribution in [0.15, 0.2) is 40.9 Å². The Bertz CT molecular complexity index is 644. The molecule has 1 unspecified atom stereocenters. The summed E-state index contributed by atoms with van der Waals surface area (Å²) in [6.07, 6.45) is 1.06. The molecule has 1 heterocycles. The molecule has 1 aliphatic heterocycles. The standard InChI is InChI=1S/C16H15BrClNO/c1-10-6-13(3-4-15(10)17)19-9-14-8-11-7-12(18)2-5-16(11)20-14/h2-7,14,19H,8-9H2,1H3. The van der Waals surface area contributed by atoms with Crippen LogP contribution in [0.2, 0.25) is 5.02 Å². The Labute approximate surface area is 132 Å². The van der Waals surface area contributed by atoms with E-state index in [-0.39, 0.29) is 6.10 Å². The molecule has 2 aromatic carbocycles. The molecule has 0 spiro atoms. The fourth-order valence-electron chi connectivity index (χ4n) is 2.39. The van der Waals surface area contributed by atoms with E-state index in [9.17, 15) is 0 Å². The molecule has 0 saturated heterocycles. The van der Waals surface area contributed by atoms with Crippen molar-refractivity contribution in [3.63, 3.8) is 0 Å². The predicted octanol–water partition coefficient (Wildman–Crippen LogP) is 4.83. The van der Waals surface area contributed by atoms with Crippen LogP contribution in [0.1, 0.15) is 11.1 Å². The Hall–Kier alpha value is -1.19. The SMILES string of the molecule is Cc1cc(NCC2Cc3cc(Cl)ccc3O2)ccc1Br. The van der Waals surface area contributed by atoms with Crippen molar-refractivity contribution in [1.29, 1.82) is 0 Å². The Morgan fingerprint density at radius 2 is 2.15 bits per heavy atom. The highest BCUT2D eigenvalue weighted by atomic mass is 79.9. The minimum Gasteiger partial charge on any atom is -0.488 e. The topological polar surface area (TPSA) is 21.3 Å². The maximum absolute atomic E-state index is 6.00. The monoisotopic (exact) mass is 351 g/mol. The van der Waals surface area contributed by atoms with Gasteiger partial charge in [0.05, 0.1) is 6.54 Å². The molecule has 0 amide bonds. The number of hydrogen-bond donors (Lipinski definition) is 1. The molecule has 0 radical (unpaired) electrons. The van der Waals surface area contributed by atoms with Crippen LogP contribution >= 0.6 is 27.5 Å². The minimum atomic E-state index is 0.160. The quantitative estimate of drug-likeness (QED) is 0.854. The molecule has 0 aliphatic carbocycles. The lowest BCUT2D eigenvalue weighted by Crippen LogP contribution is -2.23. The van der Waals surface area contributed by atoms with E-state index < -0.39 is 0 Å². The largest absolute Gasteiger partial charge is 0.488 e. The van der Waals surface area contributed by atoms with Gasteiger partial charge in [-0.15, -0.1) is 0 Å². The molecule has 0 saturated carbocycles. The zero-order chi connectivity index (χ0) is 14.1. The van der Waals surface area contributed by atoms with Gasteiger partial charge >= 0.3 is 0 Å². The Morgan fingerprint density at radius 3 is 2.95 bits per heavy atom. The average molecular weight is 353 g/mol. The lowest BCUT2D eigenvalue weighted by atomic mass is 10.1. The van der Waals surface area contributed by atoms with Gasteiger partial charge in [0.2, 0.25) is 0 Å². The summed E-state index contributed by atoms with van der Waals surface area (Å²) in [6.45, 7) is 2.87. The Morgan fingerprint density at radius 1 is 1.30 bits per heavy atom. The third kappa shape index (κ3) is 2.94. The summed E-state index contributed by atoms with van der Waals surface area (Å²) in [7, 11) is 0. The van der Waals surface area contributed by atoms with E-state index in [1.54, 1.807) is 0 Å². The Kier molecular flexibility index (Phi) is 3.90. The first-order chi connectivity index (χ1) is 9.61. The van der Waals surface area contributed by atoms with Gasteiger partial charge in [-0.2, -0.15) is 0 Å². The highest BCUT2D eigenvalue weighted by Crippen LogP contribution is 2.31. The molecule has 2 nitrogen and oxygen atoms in total. The van der Waals surface area contributed by atoms with Crippen molar-refractivity contribution in [2.45, 2.75) is 19.4 Å². The van der Waals surface area contributed by atoms with Crippen LogP contribution in [-0.2, 0) is 6.42 Å². The molecule has 0 bridgehead atoms. The number of hydrogen-bond acceptors (Lipinski definition) is 2. The second-order valence-corrected chi connectivity index (χ2v) is 6.33. The number of nitrogens with one attached hydrogen (secondary N) is 1. The summed E-state index contributed by atoms with van der Waals surface area (Å²) in [4.78, 5) is 0. The highest BCUT2D eigenvalue weighted by Gasteiger charge is 2.22. The number of anilines is 1. The van der Waals surface area contributed by atoms with Gasteiger partial charge in [-0.25, -0.2) is 0 Å². The predicted molar refractivity (Wildman–Crippen MR) is 86.9 cm³/mol. The van der Waals surface area contributed by atoms with Crippen molar-refractivity contribution >= 4 is 33.2 Å². The first-order valence-electron chi connectivity index (χ1n) is 6.57. The fraction of sp³-hybridized carbons (Fsp3) is 0.250. The molecule has 1 atom stereocenters. The molecule has 0 fully saturated rings. The normalized spacial score (nSPS) is 16.6. The summed E-state index contributed by atoms with van der Waals surface area (Å²) >= 11 is 9.51. The van der Waals surface area contributed by atoms with E-state index in [1.165, 1.54) is 11.1 Å². The second-order valence-electron chi connectivity index (χ2n) is 5.04. The van der Waals surface area contributed by atoms with E-state index >= 15 is 0 Å². The third-order valence-electron chi connectivity index (χ3n) is 3.46. The summed E-state index contributed by atoms with van der Waals surface area (Å²) in [5, 5.41) is 4.19. The molecule has 20 heavy (non-hydrogen) atoms. The van der Waals surface area contributed by atoms with Crippen molar-refractivity contribution in [3.8, 4) is 5.75 Å². The van der Waals surface area contributed by atoms with Crippen LogP contribution in [0.25, 0.3) is 0 Å². The van der Waals surface area contributed by atoms with Crippen LogP contribution in [0, 0.1) is 6.92 Å². The number of ether oxygens (including phenoxy) is 1. The van der Waals surface area contributed by atoms with Crippen LogP contribution < -0.4 is 10.1 Å². The smallest absolute Gasteiger partial charge is 0.123 e. The maximum Gasteiger partial charge on any atom is 0.123 e. The molecule has 1 N–H and O–H groups in total. The average Bonchev–Trinajstić information content (AvgIpc) is 2.82. The van der Waals surface area contributed by atoms with Crippen LogP contribution in [-0.4, -0.2) is 12.6 Å². The lowest BCUT2D eigenvalue weighted by Gasteiger charge is -2.13. The maximum atomic E-state index is 6.00. The third-order valence-corrected chi connectivity index (χ3v) is 4.58. The van der Waals surface area contributed by atoms with Gasteiger partial charge < -0.3 is 10.1 Å². The van der Waals surface area contributed by atoms with Crippen molar-refractivity contribution in [1.82, 2.24) is 0 Å². The zero-order valence-electron chi connectivity index (χ0n) is 11.1. The summed E-state index contributed by atoms with van der Waals surface area (Å²) in [5.41, 5.74) is 3.52. The van der Waals surface area contributed by atoms with Gasteiger partial charge in [0.1, 0.15) is 11.9 Å². The molecular weight excluding hydrogens is 338 g/mol. The minimum absolute atomic E-state index is 0.160. The first kappa shape index (κ1) is 13.8. The molecule has 0 aromatic heterocycles. The Balaban J connectivity index is 1.62. The molecule has 4 heteroatoms. The summed E-state index contributed by atoms with van der Waals surface area (Å²) in [5.74, 6) is 0.952. The van der Waals surface area contributed by atoms with Crippen molar-refractivity contribution in [2.75, 3.05) is 11.9 Å². The van der Waals surface area contributed by atoms with Crippen LogP contribution in [0.3, 0.4) is 0 Å². The highest BCUT2D eigenvalue weighted by molar-refractivity contribution is 9.10. The lowest BCUT2D eigenvalue weighted by molar-refractivity contribution is 0.246. The summed E-state index contributed by atoms with van der Waals surface area (Å²) < 4.78 is 7.03. The van der Waals surface area contributed by atoms with E-state index in [4.69, 9.17) is 16.3 Å². The van der Waals surface area contributed by atoms with Crippen LogP contribution in [0.4, 0.5) is 5.69 Å². The van der Waals surface area contributed by atoms with Crippen molar-refractivity contribution in [3.05, 3.63) is 57.0 Å². The molecule has 1 aliphatic rings. The van der Waals surface area contributed by atoms with Gasteiger partial charge in [-0.05, 0) is 54.4 Å². The van der Waals surface area contributed by atoms with Gasteiger partial charge in [-0.3, -0.25) is 0 Å². The fourth-order valence-corrected chi connectivity index (χ4v) is 2.83. The van der Waals surface area contributed by atoms with Crippen LogP contribution in [0.5, 0.6) is 5.75 Å². The molecular formula is C16H15BrClNO. The first-order valence-corrected chi connectivity index (χ1v) is 7.74. The van der Waals surface area contributed by atoms with Crippen molar-refractivity contribution < 1.29 is 4.74 Å². The van der Waals surface area contributed by atoms with E-state index in [1.807, 2.05) is 18.2 Å². The van der Waals surface area contributed by atoms with E-state index in [0.29, 0.717) is 0 Å². The number of benzene rings is 2. The van der Waals surface area contributed by atoms with E-state index in [2.05, 4.69) is 46.4 Å². The number of aryl methyl sites for hydroxylation is 1. The molecule has 2 aromatic rings. The van der Waals surface area contributed by atoms with Gasteiger partial charge in [0.25, 0.3) is 0 Å². The zero-order valence-corrected chi connectivity index (χ0v) is 13.5. The molecule has 104 valence electrons. The van der Waals surface area contributed by atoms with E-state index in [0.717, 1.165) is 33.9 Å². The number of rotatable bonds is 3. The number of halogens is 2. The van der Waals surface area contributed by atoms with Gasteiger partial charge in [0.15, 0.2) is 0 Å². The van der Waals surface area contributed by atoms with Gasteiger partial charge in [0, 0.05) is 21.6 Å². The van der Waals surface area contributed by atoms with Crippen molar-refractivity contribution in [2.24, 2.45) is 0 Å². The van der Waals surface area contributed by atoms with Gasteiger partial charge in [-0.1, -0.05) is 27.5 Å². The molecule has 3 rings (SSSR count). The second kappa shape index (κ2) is 5.66. The summed E-state index contributed by atoms with van der Waals surface area (Å²) in [6, 6.07) is 12.1.